The molecule has 2 saturated heterocycles. The second-order valence-electron chi connectivity index (χ2n) is 3.42. The molecule has 14 heavy (non-hydrogen) atoms. The molecule has 6 nitrogen and oxygen atoms in total. The number of carbonyl (C=O) groups is 2. The molecule has 2 aliphatic rings. The second-order valence-corrected chi connectivity index (χ2v) is 3.42. The van der Waals surface area contributed by atoms with Crippen molar-refractivity contribution in [3.63, 3.8) is 0 Å². The third-order valence-corrected chi connectivity index (χ3v) is 2.35. The maximum Gasteiger partial charge on any atom is 0.244 e. The number of hydrogen-bond acceptors (Lipinski definition) is 4. The lowest BCUT2D eigenvalue weighted by Gasteiger charge is -2.09. The van der Waals surface area contributed by atoms with Gasteiger partial charge >= 0.3 is 0 Å². The van der Waals surface area contributed by atoms with E-state index in [0.717, 1.165) is 12.8 Å². The summed E-state index contributed by atoms with van der Waals surface area (Å²) in [5.74, 6) is -0.0270. The van der Waals surface area contributed by atoms with E-state index < -0.39 is 0 Å². The first-order valence-corrected chi connectivity index (χ1v) is 4.80. The maximum absolute atomic E-state index is 11.1. The van der Waals surface area contributed by atoms with Crippen molar-refractivity contribution in [3.8, 4) is 0 Å². The van der Waals surface area contributed by atoms with Crippen LogP contribution in [0.25, 0.3) is 0 Å². The van der Waals surface area contributed by atoms with Gasteiger partial charge in [-0.3, -0.25) is 9.59 Å². The van der Waals surface area contributed by atoms with Gasteiger partial charge in [-0.2, -0.15) is 0 Å². The van der Waals surface area contributed by atoms with E-state index in [1.54, 1.807) is 0 Å². The largest absolute Gasteiger partial charge is 0.273 e. The summed E-state index contributed by atoms with van der Waals surface area (Å²) in [6.45, 7) is 1.23. The van der Waals surface area contributed by atoms with Crippen molar-refractivity contribution in [2.45, 2.75) is 25.7 Å². The van der Waals surface area contributed by atoms with Crippen molar-refractivity contribution in [1.82, 2.24) is 10.0 Å². The Morgan fingerprint density at radius 3 is 1.57 bits per heavy atom. The molecule has 0 aromatic rings. The summed E-state index contributed by atoms with van der Waals surface area (Å²) in [6, 6.07) is 0. The Morgan fingerprint density at radius 1 is 0.857 bits per heavy atom. The SMILES string of the molecule is O=C1CCCN1N=NN1CCCC1=O. The van der Waals surface area contributed by atoms with Crippen molar-refractivity contribution in [2.75, 3.05) is 13.1 Å². The lowest BCUT2D eigenvalue weighted by Crippen LogP contribution is -2.21. The molecule has 2 fully saturated rings. The summed E-state index contributed by atoms with van der Waals surface area (Å²) in [5.41, 5.74) is 0. The molecular weight excluding hydrogens is 184 g/mol. The van der Waals surface area contributed by atoms with Crippen molar-refractivity contribution >= 4 is 11.8 Å². The van der Waals surface area contributed by atoms with E-state index in [2.05, 4.69) is 10.4 Å². The van der Waals surface area contributed by atoms with Gasteiger partial charge in [0.15, 0.2) is 0 Å². The molecular formula is C8H12N4O2. The third-order valence-electron chi connectivity index (χ3n) is 2.35. The molecule has 0 aromatic carbocycles. The first-order chi connectivity index (χ1) is 6.77. The van der Waals surface area contributed by atoms with Crippen molar-refractivity contribution in [3.05, 3.63) is 0 Å². The molecule has 0 bridgehead atoms. The van der Waals surface area contributed by atoms with Gasteiger partial charge in [0.25, 0.3) is 0 Å². The molecule has 0 radical (unpaired) electrons. The molecule has 0 spiro atoms. The summed E-state index contributed by atoms with van der Waals surface area (Å²) in [5, 5.41) is 10.2. The molecule has 2 rings (SSSR count). The first kappa shape index (κ1) is 9.11. The molecule has 6 heteroatoms. The van der Waals surface area contributed by atoms with E-state index in [9.17, 15) is 9.59 Å². The maximum atomic E-state index is 11.1. The molecule has 2 aliphatic heterocycles. The molecule has 0 saturated carbocycles. The van der Waals surface area contributed by atoms with Crippen LogP contribution in [0, 0.1) is 0 Å². The molecule has 0 N–H and O–H groups in total. The van der Waals surface area contributed by atoms with Crippen LogP contribution in [0.2, 0.25) is 0 Å². The van der Waals surface area contributed by atoms with Crippen LogP contribution >= 0.6 is 0 Å². The van der Waals surface area contributed by atoms with Gasteiger partial charge in [-0.15, -0.1) is 0 Å². The van der Waals surface area contributed by atoms with Gasteiger partial charge in [-0.05, 0) is 23.3 Å². The van der Waals surface area contributed by atoms with Crippen LogP contribution in [-0.4, -0.2) is 34.9 Å². The summed E-state index contributed by atoms with van der Waals surface area (Å²) in [7, 11) is 0. The van der Waals surface area contributed by atoms with E-state index in [-0.39, 0.29) is 11.8 Å². The second kappa shape index (κ2) is 3.73. The fourth-order valence-corrected chi connectivity index (χ4v) is 1.55. The zero-order chi connectivity index (χ0) is 9.97. The lowest BCUT2D eigenvalue weighted by atomic mass is 10.4. The van der Waals surface area contributed by atoms with E-state index >= 15 is 0 Å². The van der Waals surface area contributed by atoms with Crippen LogP contribution in [0.5, 0.6) is 0 Å². The highest BCUT2D eigenvalue weighted by Gasteiger charge is 2.23. The molecule has 0 unspecified atom stereocenters. The minimum Gasteiger partial charge on any atom is -0.273 e. The van der Waals surface area contributed by atoms with Crippen molar-refractivity contribution in [1.29, 1.82) is 0 Å². The molecule has 2 heterocycles. The van der Waals surface area contributed by atoms with Gasteiger partial charge in [0.1, 0.15) is 0 Å². The normalized spacial score (nSPS) is 23.1. The Morgan fingerprint density at radius 2 is 1.29 bits per heavy atom. The minimum atomic E-state index is -0.0135. The Balaban J connectivity index is 1.92. The van der Waals surface area contributed by atoms with E-state index in [4.69, 9.17) is 0 Å². The fraction of sp³-hybridized carbons (Fsp3) is 0.750. The average molecular weight is 196 g/mol. The van der Waals surface area contributed by atoms with E-state index in [1.807, 2.05) is 0 Å². The van der Waals surface area contributed by atoms with Crippen LogP contribution < -0.4 is 0 Å². The van der Waals surface area contributed by atoms with Crippen LogP contribution in [0.1, 0.15) is 25.7 Å². The number of nitrogens with zero attached hydrogens (tertiary/aromatic N) is 4. The van der Waals surface area contributed by atoms with E-state index in [0.29, 0.717) is 25.9 Å². The third kappa shape index (κ3) is 1.73. The number of amides is 2. The molecule has 0 atom stereocenters. The zero-order valence-corrected chi connectivity index (χ0v) is 7.85. The highest BCUT2D eigenvalue weighted by Crippen LogP contribution is 2.13. The standard InChI is InChI=1S/C8H12N4O2/c13-7-3-1-5-11(7)9-10-12-6-2-4-8(12)14/h1-6H2. The summed E-state index contributed by atoms with van der Waals surface area (Å²) >= 11 is 0. The highest BCUT2D eigenvalue weighted by molar-refractivity contribution is 5.78. The van der Waals surface area contributed by atoms with Gasteiger partial charge < -0.3 is 0 Å². The van der Waals surface area contributed by atoms with Crippen LogP contribution in [0.4, 0.5) is 0 Å². The Hall–Kier alpha value is -1.46. The summed E-state index contributed by atoms with van der Waals surface area (Å²) in [6.07, 6.45) is 2.72. The smallest absolute Gasteiger partial charge is 0.244 e. The highest BCUT2D eigenvalue weighted by atomic mass is 16.2. The molecule has 76 valence electrons. The van der Waals surface area contributed by atoms with Crippen LogP contribution in [0.15, 0.2) is 10.4 Å². The van der Waals surface area contributed by atoms with Gasteiger partial charge in [0, 0.05) is 25.9 Å². The minimum absolute atomic E-state index is 0.0135. The van der Waals surface area contributed by atoms with Crippen LogP contribution in [0.3, 0.4) is 0 Å². The van der Waals surface area contributed by atoms with Gasteiger partial charge in [0.05, 0.1) is 0 Å². The van der Waals surface area contributed by atoms with Gasteiger partial charge in [-0.1, -0.05) is 0 Å². The van der Waals surface area contributed by atoms with Gasteiger partial charge in [-0.25, -0.2) is 10.0 Å². The average Bonchev–Trinajstić information content (AvgIpc) is 2.72. The summed E-state index contributed by atoms with van der Waals surface area (Å²) in [4.78, 5) is 22.3. The Labute approximate surface area is 81.5 Å². The number of carbonyl (C=O) groups excluding carboxylic acids is 2. The molecule has 0 aliphatic carbocycles. The monoisotopic (exact) mass is 196 g/mol. The topological polar surface area (TPSA) is 65.3 Å². The van der Waals surface area contributed by atoms with Crippen molar-refractivity contribution < 1.29 is 9.59 Å². The predicted octanol–water partition coefficient (Wildman–Crippen LogP) is 0.513. The number of rotatable bonds is 2. The first-order valence-electron chi connectivity index (χ1n) is 4.80. The quantitative estimate of drug-likeness (QED) is 0.604. The molecule has 0 aromatic heterocycles. The van der Waals surface area contributed by atoms with Gasteiger partial charge in [0.2, 0.25) is 11.8 Å². The van der Waals surface area contributed by atoms with Crippen LogP contribution in [-0.2, 0) is 9.59 Å². The Kier molecular flexibility index (Phi) is 2.43. The van der Waals surface area contributed by atoms with E-state index in [1.165, 1.54) is 10.0 Å². The molecule has 2 amide bonds. The fourth-order valence-electron chi connectivity index (χ4n) is 1.55. The number of hydrogen-bond donors (Lipinski definition) is 0. The lowest BCUT2D eigenvalue weighted by molar-refractivity contribution is -0.131. The summed E-state index contributed by atoms with van der Waals surface area (Å²) < 4.78 is 0. The zero-order valence-electron chi connectivity index (χ0n) is 7.85. The van der Waals surface area contributed by atoms with Crippen molar-refractivity contribution in [2.24, 2.45) is 10.4 Å². The predicted molar refractivity (Wildman–Crippen MR) is 46.8 cm³/mol. The Bertz CT molecular complexity index is 261.